The second-order valence-electron chi connectivity index (χ2n) is 3.80. The maximum Gasteiger partial charge on any atom is 0.123 e. The molecular weight excluding hydrogens is 302 g/mol. The van der Waals surface area contributed by atoms with Gasteiger partial charge < -0.3 is 10.5 Å². The quantitative estimate of drug-likeness (QED) is 0.864. The van der Waals surface area contributed by atoms with E-state index in [0.717, 1.165) is 28.6 Å². The molecule has 1 rings (SSSR count). The summed E-state index contributed by atoms with van der Waals surface area (Å²) in [6.07, 6.45) is 3.52. The highest BCUT2D eigenvalue weighted by Crippen LogP contribution is 2.24. The Morgan fingerprint density at radius 1 is 1.53 bits per heavy atom. The number of rotatable bonds is 6. The minimum Gasteiger partial charge on any atom is -0.489 e. The summed E-state index contributed by atoms with van der Waals surface area (Å²) >= 11 is 8.91. The lowest BCUT2D eigenvalue weighted by molar-refractivity contribution is 0.357. The molecule has 2 nitrogen and oxygen atoms in total. The molecule has 0 heterocycles. The maximum atomic E-state index is 5.97. The van der Waals surface area contributed by atoms with Crippen molar-refractivity contribution >= 4 is 27.5 Å². The molecule has 0 radical (unpaired) electrons. The van der Waals surface area contributed by atoms with Gasteiger partial charge in [0.05, 0.1) is 0 Å². The Balaban J connectivity index is 2.79. The van der Waals surface area contributed by atoms with E-state index < -0.39 is 0 Å². The van der Waals surface area contributed by atoms with Crippen molar-refractivity contribution in [2.24, 2.45) is 5.73 Å². The summed E-state index contributed by atoms with van der Waals surface area (Å²) in [6.45, 7) is 2.55. The van der Waals surface area contributed by atoms with Gasteiger partial charge in [-0.2, -0.15) is 0 Å². The van der Waals surface area contributed by atoms with Crippen LogP contribution in [0.3, 0.4) is 0 Å². The van der Waals surface area contributed by atoms with Crippen molar-refractivity contribution in [2.45, 2.75) is 25.8 Å². The van der Waals surface area contributed by atoms with Crippen molar-refractivity contribution in [1.82, 2.24) is 0 Å². The lowest BCUT2D eigenvalue weighted by atomic mass is 10.0. The van der Waals surface area contributed by atoms with Gasteiger partial charge in [0.25, 0.3) is 0 Å². The summed E-state index contributed by atoms with van der Waals surface area (Å²) in [6, 6.07) is 6.12. The van der Waals surface area contributed by atoms with Crippen LogP contribution in [0.25, 0.3) is 0 Å². The molecular formula is C13H17BrClNO. The minimum atomic E-state index is 0.162. The smallest absolute Gasteiger partial charge is 0.123 e. The van der Waals surface area contributed by atoms with E-state index in [2.05, 4.69) is 28.9 Å². The summed E-state index contributed by atoms with van der Waals surface area (Å²) in [4.78, 5) is 0. The van der Waals surface area contributed by atoms with Gasteiger partial charge in [-0.1, -0.05) is 34.5 Å². The third kappa shape index (κ3) is 5.11. The van der Waals surface area contributed by atoms with E-state index in [0.29, 0.717) is 6.61 Å². The van der Waals surface area contributed by atoms with Crippen molar-refractivity contribution in [3.8, 4) is 5.75 Å². The Hall–Kier alpha value is -0.510. The first kappa shape index (κ1) is 14.6. The number of hydrogen-bond acceptors (Lipinski definition) is 2. The van der Waals surface area contributed by atoms with Gasteiger partial charge in [0.2, 0.25) is 0 Å². The summed E-state index contributed by atoms with van der Waals surface area (Å²) < 4.78 is 6.67. The zero-order chi connectivity index (χ0) is 12.7. The highest BCUT2D eigenvalue weighted by atomic mass is 79.9. The second-order valence-corrected chi connectivity index (χ2v) is 4.96. The lowest BCUT2D eigenvalue weighted by Crippen LogP contribution is -2.21. The third-order valence-electron chi connectivity index (χ3n) is 2.45. The normalized spacial score (nSPS) is 12.9. The van der Waals surface area contributed by atoms with Gasteiger partial charge in [-0.25, -0.2) is 0 Å². The Morgan fingerprint density at radius 2 is 2.29 bits per heavy atom. The maximum absolute atomic E-state index is 5.97. The van der Waals surface area contributed by atoms with Crippen LogP contribution in [0, 0.1) is 0 Å². The highest BCUT2D eigenvalue weighted by molar-refractivity contribution is 9.10. The fourth-order valence-electron chi connectivity index (χ4n) is 1.45. The van der Waals surface area contributed by atoms with Crippen molar-refractivity contribution in [2.75, 3.05) is 6.61 Å². The first-order chi connectivity index (χ1) is 8.17. The van der Waals surface area contributed by atoms with Crippen LogP contribution < -0.4 is 10.5 Å². The van der Waals surface area contributed by atoms with E-state index in [1.54, 1.807) is 6.08 Å². The van der Waals surface area contributed by atoms with Crippen molar-refractivity contribution < 1.29 is 4.74 Å². The molecule has 0 aliphatic carbocycles. The Morgan fingerprint density at radius 3 is 2.94 bits per heavy atom. The average Bonchev–Trinajstić information content (AvgIpc) is 2.32. The molecule has 0 saturated heterocycles. The van der Waals surface area contributed by atoms with Gasteiger partial charge in [0, 0.05) is 16.0 Å². The van der Waals surface area contributed by atoms with Crippen LogP contribution in [-0.2, 0) is 6.42 Å². The Labute approximate surface area is 116 Å². The molecule has 0 aromatic heterocycles. The minimum absolute atomic E-state index is 0.162. The van der Waals surface area contributed by atoms with Crippen LogP contribution in [-0.4, -0.2) is 12.6 Å². The predicted molar refractivity (Wildman–Crippen MR) is 76.6 cm³/mol. The number of halogens is 2. The van der Waals surface area contributed by atoms with Gasteiger partial charge >= 0.3 is 0 Å². The summed E-state index contributed by atoms with van der Waals surface area (Å²) in [5.74, 6) is 0.867. The molecule has 1 aromatic rings. The fraction of sp³-hybridized carbons (Fsp3) is 0.385. The number of nitrogens with two attached hydrogens (primary N) is 1. The van der Waals surface area contributed by atoms with Crippen molar-refractivity contribution in [1.29, 1.82) is 0 Å². The topological polar surface area (TPSA) is 35.2 Å². The summed E-state index contributed by atoms with van der Waals surface area (Å²) in [7, 11) is 0. The van der Waals surface area contributed by atoms with Crippen molar-refractivity contribution in [3.63, 3.8) is 0 Å². The zero-order valence-corrected chi connectivity index (χ0v) is 12.2. The zero-order valence-electron chi connectivity index (χ0n) is 9.83. The van der Waals surface area contributed by atoms with E-state index in [9.17, 15) is 0 Å². The van der Waals surface area contributed by atoms with Crippen LogP contribution in [0.1, 0.15) is 18.9 Å². The largest absolute Gasteiger partial charge is 0.489 e. The highest BCUT2D eigenvalue weighted by Gasteiger charge is 2.08. The molecule has 0 spiro atoms. The monoisotopic (exact) mass is 317 g/mol. The molecule has 1 aromatic carbocycles. The molecule has 4 heteroatoms. The molecule has 1 atom stereocenters. The molecule has 0 bridgehead atoms. The van der Waals surface area contributed by atoms with Gasteiger partial charge in [-0.3, -0.25) is 0 Å². The molecule has 0 amide bonds. The predicted octanol–water partition coefficient (Wildman–Crippen LogP) is 3.86. The van der Waals surface area contributed by atoms with Gasteiger partial charge in [-0.05, 0) is 42.7 Å². The number of ether oxygens (including phenoxy) is 1. The van der Waals surface area contributed by atoms with Gasteiger partial charge in [0.1, 0.15) is 12.4 Å². The van der Waals surface area contributed by atoms with Gasteiger partial charge in [0.15, 0.2) is 0 Å². The van der Waals surface area contributed by atoms with E-state index in [-0.39, 0.29) is 6.04 Å². The van der Waals surface area contributed by atoms with E-state index in [4.69, 9.17) is 22.1 Å². The molecule has 94 valence electrons. The first-order valence-corrected chi connectivity index (χ1v) is 6.82. The van der Waals surface area contributed by atoms with Crippen LogP contribution in [0.2, 0.25) is 0 Å². The SMILES string of the molecule is CCC(N)Cc1cc(Br)ccc1OC/C=C/Cl. The lowest BCUT2D eigenvalue weighted by Gasteiger charge is -2.14. The Bertz CT molecular complexity index is 382. The van der Waals surface area contributed by atoms with E-state index in [1.165, 1.54) is 5.54 Å². The van der Waals surface area contributed by atoms with E-state index >= 15 is 0 Å². The van der Waals surface area contributed by atoms with Gasteiger partial charge in [-0.15, -0.1) is 0 Å². The van der Waals surface area contributed by atoms with Crippen molar-refractivity contribution in [3.05, 3.63) is 39.8 Å². The molecule has 0 aliphatic heterocycles. The third-order valence-corrected chi connectivity index (χ3v) is 3.12. The first-order valence-electron chi connectivity index (χ1n) is 5.59. The summed E-state index contributed by atoms with van der Waals surface area (Å²) in [5, 5.41) is 0. The average molecular weight is 319 g/mol. The van der Waals surface area contributed by atoms with Crippen LogP contribution in [0.5, 0.6) is 5.75 Å². The molecule has 0 saturated carbocycles. The number of hydrogen-bond donors (Lipinski definition) is 1. The standard InChI is InChI=1S/C13H17BrClNO/c1-2-12(16)9-10-8-11(14)4-5-13(10)17-7-3-6-15/h3-6,8,12H,2,7,9,16H2,1H3/b6-3+. The number of benzene rings is 1. The van der Waals surface area contributed by atoms with E-state index in [1.807, 2.05) is 12.1 Å². The second kappa shape index (κ2) is 7.75. The molecule has 17 heavy (non-hydrogen) atoms. The Kier molecular flexibility index (Phi) is 6.63. The van der Waals surface area contributed by atoms with Crippen LogP contribution in [0.4, 0.5) is 0 Å². The molecule has 1 unspecified atom stereocenters. The summed E-state index contributed by atoms with van der Waals surface area (Å²) in [5.41, 5.74) is 8.55. The molecule has 0 aliphatic rings. The van der Waals surface area contributed by atoms with Crippen LogP contribution in [0.15, 0.2) is 34.3 Å². The molecule has 0 fully saturated rings. The van der Waals surface area contributed by atoms with Crippen LogP contribution >= 0.6 is 27.5 Å². The molecule has 2 N–H and O–H groups in total. The fourth-order valence-corrected chi connectivity index (χ4v) is 1.93.